The molecule has 0 aromatic rings. The number of ether oxygens (including phenoxy) is 1. The van der Waals surface area contributed by atoms with E-state index in [-0.39, 0.29) is 0 Å². The van der Waals surface area contributed by atoms with Crippen molar-refractivity contribution in [1.29, 1.82) is 0 Å². The number of rotatable bonds is 15. The average Bonchev–Trinajstić information content (AvgIpc) is 2.50. The van der Waals surface area contributed by atoms with Gasteiger partial charge in [-0.25, -0.2) is 0 Å². The highest BCUT2D eigenvalue weighted by Crippen LogP contribution is 2.08. The fourth-order valence-electron chi connectivity index (χ4n) is 2.03. The Labute approximate surface area is 129 Å². The van der Waals surface area contributed by atoms with Gasteiger partial charge in [0.2, 0.25) is 0 Å². The van der Waals surface area contributed by atoms with E-state index in [9.17, 15) is 4.79 Å². The zero-order valence-corrected chi connectivity index (χ0v) is 13.5. The molecule has 1 atom stereocenters. The average molecular weight is 303 g/mol. The Morgan fingerprint density at radius 1 is 1.00 bits per heavy atom. The highest BCUT2D eigenvalue weighted by atomic mass is 16.5. The lowest BCUT2D eigenvalue weighted by atomic mass is 10.1. The molecule has 1 amide bonds. The lowest BCUT2D eigenvalue weighted by Crippen LogP contribution is -2.37. The van der Waals surface area contributed by atoms with Crippen LogP contribution in [0.1, 0.15) is 64.7 Å². The first-order chi connectivity index (χ1) is 10.2. The van der Waals surface area contributed by atoms with E-state index in [4.69, 9.17) is 14.9 Å². The summed E-state index contributed by atoms with van der Waals surface area (Å²) in [4.78, 5) is 11.1. The molecule has 0 radical (unpaired) electrons. The van der Waals surface area contributed by atoms with E-state index >= 15 is 0 Å². The van der Waals surface area contributed by atoms with Crippen molar-refractivity contribution < 1.29 is 19.7 Å². The van der Waals surface area contributed by atoms with Gasteiger partial charge in [-0.1, -0.05) is 51.9 Å². The Morgan fingerprint density at radius 2 is 1.57 bits per heavy atom. The molecule has 0 aliphatic carbocycles. The van der Waals surface area contributed by atoms with Gasteiger partial charge in [-0.15, -0.1) is 0 Å². The van der Waals surface area contributed by atoms with E-state index in [0.29, 0.717) is 13.2 Å². The Kier molecular flexibility index (Phi) is 15.2. The number of unbranched alkanes of at least 4 members (excludes halogenated alkanes) is 7. The van der Waals surface area contributed by atoms with Crippen LogP contribution in [0.25, 0.3) is 0 Å². The van der Waals surface area contributed by atoms with E-state index in [0.717, 1.165) is 19.4 Å². The minimum atomic E-state index is -1.32. The molecule has 0 fully saturated rings. The van der Waals surface area contributed by atoms with E-state index < -0.39 is 18.6 Å². The van der Waals surface area contributed by atoms with Crippen LogP contribution in [0.3, 0.4) is 0 Å². The predicted octanol–water partition coefficient (Wildman–Crippen LogP) is 2.00. The summed E-state index contributed by atoms with van der Waals surface area (Å²) in [5.74, 6) is -0.527. The second-order valence-corrected chi connectivity index (χ2v) is 5.43. The highest BCUT2D eigenvalue weighted by Gasteiger charge is 2.11. The van der Waals surface area contributed by atoms with Gasteiger partial charge < -0.3 is 20.3 Å². The van der Waals surface area contributed by atoms with Crippen LogP contribution in [-0.4, -0.2) is 48.6 Å². The molecule has 0 saturated heterocycles. The number of hydrogen-bond donors (Lipinski definition) is 3. The molecule has 0 spiro atoms. The van der Waals surface area contributed by atoms with Crippen molar-refractivity contribution in [3.05, 3.63) is 0 Å². The Hall–Kier alpha value is -0.650. The van der Waals surface area contributed by atoms with E-state index in [2.05, 4.69) is 12.2 Å². The summed E-state index contributed by atoms with van der Waals surface area (Å²) < 4.78 is 5.48. The van der Waals surface area contributed by atoms with Crippen LogP contribution in [-0.2, 0) is 9.53 Å². The third-order valence-electron chi connectivity index (χ3n) is 3.38. The number of amides is 1. The summed E-state index contributed by atoms with van der Waals surface area (Å²) in [6.45, 7) is 3.56. The second-order valence-electron chi connectivity index (χ2n) is 5.43. The van der Waals surface area contributed by atoms with Crippen molar-refractivity contribution in [2.24, 2.45) is 0 Å². The van der Waals surface area contributed by atoms with Crippen LogP contribution < -0.4 is 5.32 Å². The number of carbonyl (C=O) groups excluding carboxylic acids is 1. The topological polar surface area (TPSA) is 78.8 Å². The monoisotopic (exact) mass is 303 g/mol. The molecule has 0 aliphatic heterocycles. The Balaban J connectivity index is 3.11. The van der Waals surface area contributed by atoms with Gasteiger partial charge in [-0.3, -0.25) is 4.79 Å². The predicted molar refractivity (Wildman–Crippen MR) is 84.1 cm³/mol. The SMILES string of the molecule is CCCCCCCCCCOCCCNC(=O)C(O)CO. The summed E-state index contributed by atoms with van der Waals surface area (Å²) in [5, 5.41) is 20.1. The third kappa shape index (κ3) is 14.1. The van der Waals surface area contributed by atoms with E-state index in [1.165, 1.54) is 44.9 Å². The van der Waals surface area contributed by atoms with Gasteiger partial charge in [0, 0.05) is 19.8 Å². The van der Waals surface area contributed by atoms with Gasteiger partial charge in [0.15, 0.2) is 6.10 Å². The van der Waals surface area contributed by atoms with Crippen LogP contribution in [0.15, 0.2) is 0 Å². The molecule has 0 aromatic carbocycles. The maximum absolute atomic E-state index is 11.1. The normalized spacial score (nSPS) is 12.3. The number of aliphatic hydroxyl groups is 2. The summed E-state index contributed by atoms with van der Waals surface area (Å²) in [6, 6.07) is 0. The highest BCUT2D eigenvalue weighted by molar-refractivity contribution is 5.80. The lowest BCUT2D eigenvalue weighted by Gasteiger charge is -2.09. The molecule has 21 heavy (non-hydrogen) atoms. The van der Waals surface area contributed by atoms with Crippen molar-refractivity contribution >= 4 is 5.91 Å². The van der Waals surface area contributed by atoms with Crippen molar-refractivity contribution in [3.63, 3.8) is 0 Å². The van der Waals surface area contributed by atoms with Gasteiger partial charge in [0.05, 0.1) is 6.61 Å². The third-order valence-corrected chi connectivity index (χ3v) is 3.38. The molecule has 0 rings (SSSR count). The molecule has 0 aromatic heterocycles. The van der Waals surface area contributed by atoms with Gasteiger partial charge >= 0.3 is 0 Å². The van der Waals surface area contributed by atoms with Crippen LogP contribution in [0, 0.1) is 0 Å². The molecule has 3 N–H and O–H groups in total. The first-order valence-electron chi connectivity index (χ1n) is 8.36. The largest absolute Gasteiger partial charge is 0.393 e. The molecule has 1 unspecified atom stereocenters. The summed E-state index contributed by atoms with van der Waals surface area (Å²) in [7, 11) is 0. The number of hydrogen-bond acceptors (Lipinski definition) is 4. The van der Waals surface area contributed by atoms with Gasteiger partial charge in [-0.2, -0.15) is 0 Å². The minimum absolute atomic E-state index is 0.466. The van der Waals surface area contributed by atoms with Crippen LogP contribution in [0.2, 0.25) is 0 Å². The summed E-state index contributed by atoms with van der Waals surface area (Å²) in [5.41, 5.74) is 0. The van der Waals surface area contributed by atoms with Crippen LogP contribution in [0.4, 0.5) is 0 Å². The molecular weight excluding hydrogens is 270 g/mol. The molecule has 0 bridgehead atoms. The fourth-order valence-corrected chi connectivity index (χ4v) is 2.03. The maximum Gasteiger partial charge on any atom is 0.251 e. The molecule has 5 nitrogen and oxygen atoms in total. The maximum atomic E-state index is 11.1. The first-order valence-corrected chi connectivity index (χ1v) is 8.36. The molecule has 126 valence electrons. The number of carbonyl (C=O) groups is 1. The smallest absolute Gasteiger partial charge is 0.251 e. The molecule has 0 saturated carbocycles. The molecule has 0 heterocycles. The van der Waals surface area contributed by atoms with Crippen LogP contribution >= 0.6 is 0 Å². The fraction of sp³-hybridized carbons (Fsp3) is 0.938. The summed E-state index contributed by atoms with van der Waals surface area (Å²) >= 11 is 0. The number of nitrogens with one attached hydrogen (secondary N) is 1. The zero-order valence-electron chi connectivity index (χ0n) is 13.5. The standard InChI is InChI=1S/C16H33NO4/c1-2-3-4-5-6-7-8-9-12-21-13-10-11-17-16(20)15(19)14-18/h15,18-19H,2-14H2,1H3,(H,17,20). The lowest BCUT2D eigenvalue weighted by molar-refractivity contribution is -0.131. The van der Waals surface area contributed by atoms with E-state index in [1.807, 2.05) is 0 Å². The van der Waals surface area contributed by atoms with Gasteiger partial charge in [-0.05, 0) is 12.8 Å². The summed E-state index contributed by atoms with van der Waals surface area (Å²) in [6.07, 6.45) is 9.74. The molecular formula is C16H33NO4. The molecule has 0 aliphatic rings. The quantitative estimate of drug-likeness (QED) is 0.404. The van der Waals surface area contributed by atoms with Crippen molar-refractivity contribution in [2.75, 3.05) is 26.4 Å². The van der Waals surface area contributed by atoms with Crippen molar-refractivity contribution in [1.82, 2.24) is 5.32 Å². The minimum Gasteiger partial charge on any atom is -0.393 e. The molecule has 5 heteroatoms. The second kappa shape index (κ2) is 15.7. The van der Waals surface area contributed by atoms with Crippen molar-refractivity contribution in [2.45, 2.75) is 70.8 Å². The Bertz CT molecular complexity index is 236. The first kappa shape index (κ1) is 20.3. The van der Waals surface area contributed by atoms with Crippen molar-refractivity contribution in [3.8, 4) is 0 Å². The zero-order chi connectivity index (χ0) is 15.8. The van der Waals surface area contributed by atoms with Gasteiger partial charge in [0.1, 0.15) is 0 Å². The number of aliphatic hydroxyl groups excluding tert-OH is 2. The Morgan fingerprint density at radius 3 is 2.19 bits per heavy atom. The van der Waals surface area contributed by atoms with E-state index in [1.54, 1.807) is 0 Å². The van der Waals surface area contributed by atoms with Gasteiger partial charge in [0.25, 0.3) is 5.91 Å². The van der Waals surface area contributed by atoms with Crippen LogP contribution in [0.5, 0.6) is 0 Å².